The van der Waals surface area contributed by atoms with Crippen LogP contribution in [0.3, 0.4) is 0 Å². The molecule has 1 aromatic carbocycles. The molecule has 21 heavy (non-hydrogen) atoms. The minimum atomic E-state index is -0.308. The van der Waals surface area contributed by atoms with Crippen molar-refractivity contribution in [3.8, 4) is 0 Å². The zero-order chi connectivity index (χ0) is 14.5. The van der Waals surface area contributed by atoms with Gasteiger partial charge in [0, 0.05) is 6.54 Å². The van der Waals surface area contributed by atoms with Crippen molar-refractivity contribution >= 4 is 5.91 Å². The fourth-order valence-electron chi connectivity index (χ4n) is 2.75. The van der Waals surface area contributed by atoms with Crippen LogP contribution in [0.5, 0.6) is 0 Å². The summed E-state index contributed by atoms with van der Waals surface area (Å²) in [7, 11) is 0. The molecule has 1 fully saturated rings. The van der Waals surface area contributed by atoms with Crippen LogP contribution in [0.4, 0.5) is 0 Å². The van der Waals surface area contributed by atoms with E-state index in [0.717, 1.165) is 32.4 Å². The summed E-state index contributed by atoms with van der Waals surface area (Å²) in [6, 6.07) is 10.1. The third-order valence-corrected chi connectivity index (χ3v) is 4.01. The number of hydrogen-bond donors (Lipinski definition) is 3. The van der Waals surface area contributed by atoms with E-state index >= 15 is 0 Å². The Bertz CT molecular complexity index is 522. The van der Waals surface area contributed by atoms with E-state index in [2.05, 4.69) is 28.2 Å². The van der Waals surface area contributed by atoms with Gasteiger partial charge in [0.15, 0.2) is 0 Å². The Kier molecular flexibility index (Phi) is 4.22. The minimum absolute atomic E-state index is 0.0960. The van der Waals surface area contributed by atoms with Gasteiger partial charge < -0.3 is 10.6 Å². The molecule has 3 rings (SSSR count). The topological polar surface area (TPSA) is 62.4 Å². The van der Waals surface area contributed by atoms with Crippen LogP contribution in [0.25, 0.3) is 0 Å². The third kappa shape index (κ3) is 3.43. The summed E-state index contributed by atoms with van der Waals surface area (Å²) >= 11 is 0. The lowest BCUT2D eigenvalue weighted by atomic mass is 9.92. The Hall–Kier alpha value is -1.85. The summed E-state index contributed by atoms with van der Waals surface area (Å²) in [5, 5.41) is 6.22. The highest BCUT2D eigenvalue weighted by Gasteiger charge is 2.37. The van der Waals surface area contributed by atoms with Gasteiger partial charge >= 0.3 is 0 Å². The van der Waals surface area contributed by atoms with Gasteiger partial charge in [-0.3, -0.25) is 15.1 Å². The average molecular weight is 287 g/mol. The van der Waals surface area contributed by atoms with Crippen LogP contribution in [0.15, 0.2) is 42.1 Å². The van der Waals surface area contributed by atoms with Gasteiger partial charge in [0.05, 0.1) is 0 Å². The van der Waals surface area contributed by atoms with Crippen LogP contribution in [0, 0.1) is 0 Å². The summed E-state index contributed by atoms with van der Waals surface area (Å²) in [6.07, 6.45) is 4.54. The molecule has 112 valence electrons. The molecule has 0 saturated carbocycles. The van der Waals surface area contributed by atoms with E-state index < -0.39 is 0 Å². The van der Waals surface area contributed by atoms with E-state index in [1.807, 2.05) is 24.3 Å². The van der Waals surface area contributed by atoms with Crippen LogP contribution in [0.2, 0.25) is 0 Å². The molecule has 0 atom stereocenters. The maximum Gasteiger partial charge on any atom is 0.269 e. The molecule has 1 spiro atoms. The predicted molar refractivity (Wildman–Crippen MR) is 80.3 cm³/mol. The van der Waals surface area contributed by atoms with Gasteiger partial charge in [-0.2, -0.15) is 0 Å². The van der Waals surface area contributed by atoms with Crippen molar-refractivity contribution in [1.82, 2.24) is 16.1 Å². The number of amides is 1. The van der Waals surface area contributed by atoms with E-state index in [-0.39, 0.29) is 11.5 Å². The molecule has 5 heteroatoms. The van der Waals surface area contributed by atoms with Crippen LogP contribution in [-0.2, 0) is 16.1 Å². The lowest BCUT2D eigenvalue weighted by Crippen LogP contribution is -2.42. The first-order chi connectivity index (χ1) is 10.3. The largest absolute Gasteiger partial charge is 0.350 e. The first kappa shape index (κ1) is 14.1. The van der Waals surface area contributed by atoms with E-state index in [4.69, 9.17) is 4.84 Å². The van der Waals surface area contributed by atoms with Gasteiger partial charge in [-0.1, -0.05) is 30.3 Å². The zero-order valence-corrected chi connectivity index (χ0v) is 12.0. The Balaban J connectivity index is 1.50. The van der Waals surface area contributed by atoms with E-state index in [1.165, 1.54) is 5.56 Å². The highest BCUT2D eigenvalue weighted by Crippen LogP contribution is 2.29. The van der Waals surface area contributed by atoms with Crippen LogP contribution < -0.4 is 16.1 Å². The molecule has 5 nitrogen and oxygen atoms in total. The first-order valence-corrected chi connectivity index (χ1v) is 7.47. The van der Waals surface area contributed by atoms with E-state index in [0.29, 0.717) is 12.2 Å². The summed E-state index contributed by atoms with van der Waals surface area (Å²) in [6.45, 7) is 2.46. The Morgan fingerprint density at radius 1 is 1.24 bits per heavy atom. The van der Waals surface area contributed by atoms with Crippen molar-refractivity contribution in [3.05, 3.63) is 47.7 Å². The second kappa shape index (κ2) is 6.28. The average Bonchev–Trinajstić information content (AvgIpc) is 2.93. The van der Waals surface area contributed by atoms with Crippen molar-refractivity contribution in [2.75, 3.05) is 19.6 Å². The SMILES string of the molecule is O=C(NCCc1ccccc1)C1=CC2(CCNCC2)ON1. The molecule has 0 bridgehead atoms. The zero-order valence-electron chi connectivity index (χ0n) is 12.0. The summed E-state index contributed by atoms with van der Waals surface area (Å²) in [5.41, 5.74) is 4.23. The van der Waals surface area contributed by atoms with Gasteiger partial charge in [0.1, 0.15) is 11.3 Å². The molecule has 0 radical (unpaired) electrons. The number of rotatable bonds is 4. The third-order valence-electron chi connectivity index (χ3n) is 4.01. The Morgan fingerprint density at radius 3 is 2.76 bits per heavy atom. The quantitative estimate of drug-likeness (QED) is 0.769. The van der Waals surface area contributed by atoms with Crippen molar-refractivity contribution in [3.63, 3.8) is 0 Å². The Labute approximate surface area is 124 Å². The summed E-state index contributed by atoms with van der Waals surface area (Å²) in [4.78, 5) is 17.8. The van der Waals surface area contributed by atoms with Crippen molar-refractivity contribution in [1.29, 1.82) is 0 Å². The molecule has 2 heterocycles. The van der Waals surface area contributed by atoms with E-state index in [1.54, 1.807) is 0 Å². The molecule has 0 aromatic heterocycles. The summed E-state index contributed by atoms with van der Waals surface area (Å²) < 4.78 is 0. The van der Waals surface area contributed by atoms with Gasteiger partial charge in [0.25, 0.3) is 5.91 Å². The van der Waals surface area contributed by atoms with Crippen molar-refractivity contribution in [2.24, 2.45) is 0 Å². The fraction of sp³-hybridized carbons (Fsp3) is 0.438. The highest BCUT2D eigenvalue weighted by molar-refractivity contribution is 5.93. The van der Waals surface area contributed by atoms with Crippen LogP contribution >= 0.6 is 0 Å². The van der Waals surface area contributed by atoms with Gasteiger partial charge in [0.2, 0.25) is 0 Å². The summed E-state index contributed by atoms with van der Waals surface area (Å²) in [5.74, 6) is -0.0960. The van der Waals surface area contributed by atoms with Gasteiger partial charge in [-0.15, -0.1) is 0 Å². The number of nitrogens with one attached hydrogen (secondary N) is 3. The molecule has 1 saturated heterocycles. The highest BCUT2D eigenvalue weighted by atomic mass is 16.7. The molecular weight excluding hydrogens is 266 g/mol. The molecule has 0 unspecified atom stereocenters. The molecule has 2 aliphatic heterocycles. The fourth-order valence-corrected chi connectivity index (χ4v) is 2.75. The molecule has 0 aliphatic carbocycles. The minimum Gasteiger partial charge on any atom is -0.350 e. The van der Waals surface area contributed by atoms with Crippen molar-refractivity contribution in [2.45, 2.75) is 24.9 Å². The first-order valence-electron chi connectivity index (χ1n) is 7.47. The molecule has 2 aliphatic rings. The molecule has 1 aromatic rings. The van der Waals surface area contributed by atoms with E-state index in [9.17, 15) is 4.79 Å². The van der Waals surface area contributed by atoms with Crippen molar-refractivity contribution < 1.29 is 9.63 Å². The number of hydroxylamine groups is 1. The number of carbonyl (C=O) groups excluding carboxylic acids is 1. The normalized spacial score (nSPS) is 19.9. The number of benzene rings is 1. The molecular formula is C16H21N3O2. The number of piperidine rings is 1. The molecule has 3 N–H and O–H groups in total. The Morgan fingerprint density at radius 2 is 2.00 bits per heavy atom. The van der Waals surface area contributed by atoms with Crippen LogP contribution in [0.1, 0.15) is 18.4 Å². The standard InChI is InChI=1S/C16H21N3O2/c20-15(18-9-6-13-4-2-1-3-5-13)14-12-16(21-19-14)7-10-17-11-8-16/h1-5,12,17,19H,6-11H2,(H,18,20). The number of hydrogen-bond acceptors (Lipinski definition) is 4. The second-order valence-corrected chi connectivity index (χ2v) is 5.57. The molecule has 1 amide bonds. The van der Waals surface area contributed by atoms with Crippen LogP contribution in [-0.4, -0.2) is 31.1 Å². The predicted octanol–water partition coefficient (Wildman–Crippen LogP) is 0.886. The second-order valence-electron chi connectivity index (χ2n) is 5.57. The lowest BCUT2D eigenvalue weighted by Gasteiger charge is -2.29. The maximum atomic E-state index is 12.1. The smallest absolute Gasteiger partial charge is 0.269 e. The monoisotopic (exact) mass is 287 g/mol. The number of carbonyl (C=O) groups is 1. The van der Waals surface area contributed by atoms with Gasteiger partial charge in [-0.25, -0.2) is 0 Å². The van der Waals surface area contributed by atoms with Gasteiger partial charge in [-0.05, 0) is 44.0 Å². The maximum absolute atomic E-state index is 12.1. The lowest BCUT2D eigenvalue weighted by molar-refractivity contribution is -0.119.